The van der Waals surface area contributed by atoms with E-state index < -0.39 is 30.0 Å². The number of nitrogen functional groups attached to an aromatic ring is 1. The van der Waals surface area contributed by atoms with Crippen molar-refractivity contribution in [1.29, 1.82) is 0 Å². The van der Waals surface area contributed by atoms with E-state index >= 15 is 0 Å². The fourth-order valence-corrected chi connectivity index (χ4v) is 3.76. The fraction of sp³-hybridized carbons (Fsp3) is 0.600. The van der Waals surface area contributed by atoms with Crippen LogP contribution in [0.1, 0.15) is 26.0 Å². The summed E-state index contributed by atoms with van der Waals surface area (Å²) in [4.78, 5) is 24.1. The Bertz CT molecular complexity index is 826. The molecule has 4 unspecified atom stereocenters. The van der Waals surface area contributed by atoms with Crippen molar-refractivity contribution >= 4 is 23.0 Å². The molecule has 2 aliphatic rings. The van der Waals surface area contributed by atoms with E-state index in [0.717, 1.165) is 0 Å². The first-order valence-electron chi connectivity index (χ1n) is 8.11. The van der Waals surface area contributed by atoms with Crippen LogP contribution in [0.15, 0.2) is 12.7 Å². The number of rotatable bonds is 3. The molecular formula is C15H19N5O5. The number of esters is 1. The van der Waals surface area contributed by atoms with Gasteiger partial charge in [-0.15, -0.1) is 0 Å². The van der Waals surface area contributed by atoms with Gasteiger partial charge in [-0.3, -0.25) is 9.36 Å². The molecule has 134 valence electrons. The van der Waals surface area contributed by atoms with Crippen molar-refractivity contribution in [2.45, 2.75) is 43.8 Å². The molecule has 1 aliphatic heterocycles. The van der Waals surface area contributed by atoms with E-state index in [1.54, 1.807) is 6.92 Å². The summed E-state index contributed by atoms with van der Waals surface area (Å²) in [5.74, 6) is -0.660. The monoisotopic (exact) mass is 349 g/mol. The lowest BCUT2D eigenvalue weighted by atomic mass is 9.93. The van der Waals surface area contributed by atoms with Gasteiger partial charge < -0.3 is 25.4 Å². The van der Waals surface area contributed by atoms with Gasteiger partial charge in [0.25, 0.3) is 0 Å². The Morgan fingerprint density at radius 1 is 1.52 bits per heavy atom. The maximum atomic E-state index is 11.9. The number of aliphatic hydroxyl groups is 2. The number of ether oxygens (including phenoxy) is 2. The number of nitrogens with two attached hydrogens (primary N) is 1. The van der Waals surface area contributed by atoms with Gasteiger partial charge in [0.1, 0.15) is 23.5 Å². The summed E-state index contributed by atoms with van der Waals surface area (Å²) in [6.45, 7) is 1.99. The Morgan fingerprint density at radius 3 is 3.04 bits per heavy atom. The number of nitrogens with zero attached hydrogens (tertiary/aromatic N) is 4. The van der Waals surface area contributed by atoms with Crippen LogP contribution in [0.25, 0.3) is 11.2 Å². The highest BCUT2D eigenvalue weighted by atomic mass is 16.6. The molecule has 2 aromatic rings. The third-order valence-electron chi connectivity index (χ3n) is 5.00. The predicted octanol–water partition coefficient (Wildman–Crippen LogP) is -0.629. The zero-order valence-corrected chi connectivity index (χ0v) is 13.6. The van der Waals surface area contributed by atoms with E-state index in [0.29, 0.717) is 11.2 Å². The van der Waals surface area contributed by atoms with Gasteiger partial charge in [-0.05, 0) is 19.8 Å². The summed E-state index contributed by atoms with van der Waals surface area (Å²) in [5.41, 5.74) is 5.04. The lowest BCUT2D eigenvalue weighted by Gasteiger charge is -2.26. The minimum absolute atomic E-state index is 0.0813. The Balaban J connectivity index is 1.62. The van der Waals surface area contributed by atoms with Crippen molar-refractivity contribution < 1.29 is 24.5 Å². The van der Waals surface area contributed by atoms with Gasteiger partial charge in [0.05, 0.1) is 25.0 Å². The Labute approximate surface area is 142 Å². The first-order chi connectivity index (χ1) is 12.0. The Morgan fingerprint density at radius 2 is 2.32 bits per heavy atom. The van der Waals surface area contributed by atoms with Crippen LogP contribution in [0.4, 0.5) is 5.82 Å². The number of aliphatic hydroxyl groups excluding tert-OH is 1. The van der Waals surface area contributed by atoms with Crippen LogP contribution in [0, 0.1) is 5.92 Å². The molecule has 5 atom stereocenters. The second kappa shape index (κ2) is 5.61. The maximum Gasteiger partial charge on any atom is 0.309 e. The number of imidazole rings is 1. The molecule has 4 N–H and O–H groups in total. The fourth-order valence-electron chi connectivity index (χ4n) is 3.76. The lowest BCUT2D eigenvalue weighted by molar-refractivity contribution is -0.149. The van der Waals surface area contributed by atoms with Gasteiger partial charge in [-0.25, -0.2) is 15.0 Å². The quantitative estimate of drug-likeness (QED) is 0.616. The minimum atomic E-state index is -1.53. The molecule has 4 rings (SSSR count). The van der Waals surface area contributed by atoms with Crippen molar-refractivity contribution in [3.05, 3.63) is 12.7 Å². The van der Waals surface area contributed by atoms with E-state index in [1.807, 2.05) is 0 Å². The molecule has 1 aliphatic carbocycles. The second-order valence-corrected chi connectivity index (χ2v) is 6.42. The molecule has 10 nitrogen and oxygen atoms in total. The number of aromatic nitrogens is 4. The van der Waals surface area contributed by atoms with Gasteiger partial charge in [-0.1, -0.05) is 0 Å². The zero-order valence-electron chi connectivity index (χ0n) is 13.6. The third-order valence-corrected chi connectivity index (χ3v) is 5.00. The minimum Gasteiger partial charge on any atom is -0.466 e. The highest BCUT2D eigenvalue weighted by Gasteiger charge is 2.62. The van der Waals surface area contributed by atoms with Crippen LogP contribution in [-0.2, 0) is 14.3 Å². The highest BCUT2D eigenvalue weighted by molar-refractivity contribution is 5.81. The molecular weight excluding hydrogens is 330 g/mol. The van der Waals surface area contributed by atoms with Crippen molar-refractivity contribution in [3.63, 3.8) is 0 Å². The summed E-state index contributed by atoms with van der Waals surface area (Å²) in [6.07, 6.45) is 0.298. The smallest absolute Gasteiger partial charge is 0.309 e. The summed E-state index contributed by atoms with van der Waals surface area (Å²) in [6, 6.07) is 0. The first-order valence-corrected chi connectivity index (χ1v) is 8.11. The average molecular weight is 349 g/mol. The number of carbonyl (C=O) groups excluding carboxylic acids is 1. The molecule has 0 radical (unpaired) electrons. The molecule has 25 heavy (non-hydrogen) atoms. The van der Waals surface area contributed by atoms with Crippen LogP contribution >= 0.6 is 0 Å². The highest BCUT2D eigenvalue weighted by Crippen LogP contribution is 2.49. The van der Waals surface area contributed by atoms with Crippen molar-refractivity contribution in [2.75, 3.05) is 12.3 Å². The number of fused-ring (bicyclic) bond motifs is 2. The van der Waals surface area contributed by atoms with Gasteiger partial charge in [0.15, 0.2) is 17.7 Å². The maximum absolute atomic E-state index is 11.9. The van der Waals surface area contributed by atoms with E-state index in [-0.39, 0.29) is 31.2 Å². The lowest BCUT2D eigenvalue weighted by Crippen LogP contribution is -2.44. The normalized spacial score (nSPS) is 34.4. The molecule has 0 amide bonds. The SMILES string of the molecule is CCOC(=O)[C@@H]1CC2OC(n3cnc4c(N)ncnc43)C(O)C2(O)C1. The van der Waals surface area contributed by atoms with Crippen LogP contribution in [0.3, 0.4) is 0 Å². The summed E-state index contributed by atoms with van der Waals surface area (Å²) < 4.78 is 12.4. The van der Waals surface area contributed by atoms with Crippen molar-refractivity contribution in [1.82, 2.24) is 19.5 Å². The largest absolute Gasteiger partial charge is 0.466 e. The summed E-state index contributed by atoms with van der Waals surface area (Å²) in [7, 11) is 0. The summed E-state index contributed by atoms with van der Waals surface area (Å²) in [5, 5.41) is 21.6. The number of hydrogen-bond donors (Lipinski definition) is 3. The zero-order chi connectivity index (χ0) is 17.8. The molecule has 3 heterocycles. The Hall–Kier alpha value is -2.30. The molecule has 2 fully saturated rings. The summed E-state index contributed by atoms with van der Waals surface area (Å²) >= 11 is 0. The molecule has 2 aromatic heterocycles. The van der Waals surface area contributed by atoms with Crippen molar-refractivity contribution in [3.8, 4) is 0 Å². The van der Waals surface area contributed by atoms with Gasteiger partial charge in [-0.2, -0.15) is 0 Å². The van der Waals surface area contributed by atoms with Crippen molar-refractivity contribution in [2.24, 2.45) is 5.92 Å². The molecule has 0 aromatic carbocycles. The average Bonchev–Trinajstić information content (AvgIpc) is 3.21. The molecule has 10 heteroatoms. The molecule has 0 spiro atoms. The molecule has 0 bridgehead atoms. The Kier molecular flexibility index (Phi) is 3.63. The molecule has 1 saturated carbocycles. The van der Waals surface area contributed by atoms with E-state index in [2.05, 4.69) is 15.0 Å². The number of hydrogen-bond acceptors (Lipinski definition) is 9. The van der Waals surface area contributed by atoms with Crippen LogP contribution in [0.5, 0.6) is 0 Å². The first kappa shape index (κ1) is 16.2. The van der Waals surface area contributed by atoms with Crippen LogP contribution < -0.4 is 5.73 Å². The standard InChI is InChI=1S/C15H19N5O5/c1-2-24-14(22)7-3-8-15(23,4-7)10(21)13(25-8)20-6-19-9-11(16)17-5-18-12(9)20/h5-8,10,13,21,23H,2-4H2,1H3,(H2,16,17,18)/t7-,8?,10?,13?,15?/m1/s1. The second-order valence-electron chi connectivity index (χ2n) is 6.42. The van der Waals surface area contributed by atoms with Gasteiger partial charge in [0, 0.05) is 0 Å². The van der Waals surface area contributed by atoms with Gasteiger partial charge >= 0.3 is 5.97 Å². The topological polar surface area (TPSA) is 146 Å². The van der Waals surface area contributed by atoms with Gasteiger partial charge in [0.2, 0.25) is 0 Å². The van der Waals surface area contributed by atoms with E-state index in [9.17, 15) is 15.0 Å². The number of carbonyl (C=O) groups is 1. The molecule has 1 saturated heterocycles. The third kappa shape index (κ3) is 2.29. The number of anilines is 1. The van der Waals surface area contributed by atoms with Crippen LogP contribution in [0.2, 0.25) is 0 Å². The van der Waals surface area contributed by atoms with E-state index in [4.69, 9.17) is 15.2 Å². The van der Waals surface area contributed by atoms with Crippen LogP contribution in [-0.4, -0.2) is 60.1 Å². The van der Waals surface area contributed by atoms with E-state index in [1.165, 1.54) is 17.2 Å². The predicted molar refractivity (Wildman–Crippen MR) is 84.0 cm³/mol.